The Labute approximate surface area is 158 Å². The largest absolute Gasteiger partial charge is 0.423 e. The molecule has 148 valence electrons. The van der Waals surface area contributed by atoms with Gasteiger partial charge in [-0.3, -0.25) is 9.59 Å². The maximum absolute atomic E-state index is 13.6. The number of piperidine rings is 1. The molecule has 0 bridgehead atoms. The molecule has 2 aromatic rings. The molecule has 28 heavy (non-hydrogen) atoms. The fourth-order valence-corrected chi connectivity index (χ4v) is 3.02. The van der Waals surface area contributed by atoms with Gasteiger partial charge in [-0.05, 0) is 49.2 Å². The first-order valence-corrected chi connectivity index (χ1v) is 8.68. The molecule has 0 radical (unpaired) electrons. The van der Waals surface area contributed by atoms with Gasteiger partial charge in [-0.15, -0.1) is 0 Å². The highest BCUT2D eigenvalue weighted by atomic mass is 19.4. The van der Waals surface area contributed by atoms with Gasteiger partial charge in [0.1, 0.15) is 0 Å². The fraction of sp³-hybridized carbons (Fsp3) is 0.300. The minimum absolute atomic E-state index is 0.143. The fourth-order valence-electron chi connectivity index (χ4n) is 3.02. The number of ether oxygens (including phenoxy) is 1. The van der Waals surface area contributed by atoms with E-state index in [1.165, 1.54) is 23.1 Å². The number of benzene rings is 2. The summed E-state index contributed by atoms with van der Waals surface area (Å²) in [6.45, 7) is 0.522. The van der Waals surface area contributed by atoms with Crippen LogP contribution in [0.2, 0.25) is 0 Å². The second kappa shape index (κ2) is 8.00. The summed E-state index contributed by atoms with van der Waals surface area (Å²) in [5, 5.41) is 0. The van der Waals surface area contributed by atoms with E-state index in [2.05, 4.69) is 0 Å². The third-order valence-electron chi connectivity index (χ3n) is 4.62. The topological polar surface area (TPSA) is 46.6 Å². The molecule has 2 aromatic carbocycles. The van der Waals surface area contributed by atoms with Gasteiger partial charge in [0.15, 0.2) is 11.6 Å². The van der Waals surface area contributed by atoms with Crippen molar-refractivity contribution in [2.24, 2.45) is 5.92 Å². The highest BCUT2D eigenvalue weighted by Gasteiger charge is 2.32. The van der Waals surface area contributed by atoms with Crippen LogP contribution in [0.5, 0.6) is 5.75 Å². The van der Waals surface area contributed by atoms with Gasteiger partial charge < -0.3 is 9.64 Å². The number of carbonyl (C=O) groups is 2. The molecule has 1 saturated heterocycles. The Balaban J connectivity index is 1.56. The van der Waals surface area contributed by atoms with Gasteiger partial charge >= 0.3 is 12.1 Å². The van der Waals surface area contributed by atoms with Crippen LogP contribution in [0, 0.1) is 11.7 Å². The summed E-state index contributed by atoms with van der Waals surface area (Å²) in [5.74, 6) is -2.21. The van der Waals surface area contributed by atoms with Crippen molar-refractivity contribution in [2.75, 3.05) is 13.1 Å². The van der Waals surface area contributed by atoms with Crippen LogP contribution in [0.25, 0.3) is 0 Å². The Morgan fingerprint density at radius 2 is 1.57 bits per heavy atom. The standard InChI is InChI=1S/C20H17F4NO3/c21-16-3-1-2-4-17(16)28-19(27)14-9-11-25(12-10-14)18(26)13-5-7-15(8-6-13)20(22,23)24/h1-8,14H,9-12H2. The Kier molecular flexibility index (Phi) is 5.67. The maximum Gasteiger partial charge on any atom is 0.416 e. The van der Waals surface area contributed by atoms with Crippen molar-refractivity contribution < 1.29 is 31.9 Å². The lowest BCUT2D eigenvalue weighted by Crippen LogP contribution is -2.41. The van der Waals surface area contributed by atoms with Crippen LogP contribution in [0.4, 0.5) is 17.6 Å². The van der Waals surface area contributed by atoms with E-state index in [1.807, 2.05) is 0 Å². The van der Waals surface area contributed by atoms with E-state index in [0.29, 0.717) is 12.8 Å². The summed E-state index contributed by atoms with van der Waals surface area (Å²) in [7, 11) is 0. The zero-order chi connectivity index (χ0) is 20.3. The summed E-state index contributed by atoms with van der Waals surface area (Å²) >= 11 is 0. The highest BCUT2D eigenvalue weighted by molar-refractivity contribution is 5.94. The second-order valence-corrected chi connectivity index (χ2v) is 6.49. The summed E-state index contributed by atoms with van der Waals surface area (Å²) in [6, 6.07) is 9.60. The Morgan fingerprint density at radius 3 is 2.14 bits per heavy atom. The average Bonchev–Trinajstić information content (AvgIpc) is 2.69. The molecule has 4 nitrogen and oxygen atoms in total. The summed E-state index contributed by atoms with van der Waals surface area (Å²) in [4.78, 5) is 26.1. The molecule has 0 aliphatic carbocycles. The van der Waals surface area contributed by atoms with Crippen LogP contribution >= 0.6 is 0 Å². The molecular weight excluding hydrogens is 378 g/mol. The third kappa shape index (κ3) is 4.49. The Morgan fingerprint density at radius 1 is 0.964 bits per heavy atom. The van der Waals surface area contributed by atoms with Gasteiger partial charge in [-0.25, -0.2) is 4.39 Å². The predicted octanol–water partition coefficient (Wildman–Crippen LogP) is 4.30. The maximum atomic E-state index is 13.6. The van der Waals surface area contributed by atoms with E-state index in [-0.39, 0.29) is 24.4 Å². The van der Waals surface area contributed by atoms with Crippen LogP contribution in [0.3, 0.4) is 0 Å². The van der Waals surface area contributed by atoms with Crippen LogP contribution < -0.4 is 4.74 Å². The molecule has 1 aliphatic heterocycles. The van der Waals surface area contributed by atoms with Gasteiger partial charge in [0.2, 0.25) is 0 Å². The number of nitrogens with zero attached hydrogens (tertiary/aromatic N) is 1. The van der Waals surface area contributed by atoms with Crippen molar-refractivity contribution in [3.05, 3.63) is 65.5 Å². The number of halogens is 4. The first kappa shape index (κ1) is 19.9. The second-order valence-electron chi connectivity index (χ2n) is 6.49. The monoisotopic (exact) mass is 395 g/mol. The SMILES string of the molecule is O=C(Oc1ccccc1F)C1CCN(C(=O)c2ccc(C(F)(F)F)cc2)CC1. The average molecular weight is 395 g/mol. The molecule has 0 aromatic heterocycles. The van der Waals surface area contributed by atoms with E-state index >= 15 is 0 Å². The number of para-hydroxylation sites is 1. The van der Waals surface area contributed by atoms with Crippen LogP contribution in [0.15, 0.2) is 48.5 Å². The highest BCUT2D eigenvalue weighted by Crippen LogP contribution is 2.29. The molecule has 0 unspecified atom stereocenters. The predicted molar refractivity (Wildman–Crippen MR) is 92.1 cm³/mol. The van der Waals surface area contributed by atoms with E-state index in [1.54, 1.807) is 6.07 Å². The number of carbonyl (C=O) groups excluding carboxylic acids is 2. The molecule has 0 saturated carbocycles. The van der Waals surface area contributed by atoms with Crippen LogP contribution in [0.1, 0.15) is 28.8 Å². The van der Waals surface area contributed by atoms with Gasteiger partial charge in [0.05, 0.1) is 11.5 Å². The van der Waals surface area contributed by atoms with Gasteiger partial charge in [-0.1, -0.05) is 12.1 Å². The molecular formula is C20H17F4NO3. The minimum Gasteiger partial charge on any atom is -0.423 e. The molecule has 8 heteroatoms. The Bertz CT molecular complexity index is 856. The molecule has 0 N–H and O–H groups in total. The lowest BCUT2D eigenvalue weighted by Gasteiger charge is -2.31. The van der Waals surface area contributed by atoms with Gasteiger partial charge in [0, 0.05) is 18.7 Å². The molecule has 1 aliphatic rings. The summed E-state index contributed by atoms with van der Waals surface area (Å²) < 4.78 is 56.5. The number of hydrogen-bond donors (Lipinski definition) is 0. The number of hydrogen-bond acceptors (Lipinski definition) is 3. The van der Waals surface area contributed by atoms with Crippen molar-refractivity contribution in [2.45, 2.75) is 19.0 Å². The number of amides is 1. The smallest absolute Gasteiger partial charge is 0.416 e. The van der Waals surface area contributed by atoms with E-state index in [9.17, 15) is 27.2 Å². The van der Waals surface area contributed by atoms with E-state index < -0.39 is 35.4 Å². The normalized spacial score (nSPS) is 15.4. The minimum atomic E-state index is -4.46. The molecule has 1 heterocycles. The number of esters is 1. The van der Waals surface area contributed by atoms with Gasteiger partial charge in [-0.2, -0.15) is 13.2 Å². The third-order valence-corrected chi connectivity index (χ3v) is 4.62. The number of alkyl halides is 3. The molecule has 0 atom stereocenters. The number of rotatable bonds is 3. The van der Waals surface area contributed by atoms with Crippen molar-refractivity contribution in [3.8, 4) is 5.75 Å². The van der Waals surface area contributed by atoms with Crippen LogP contribution in [-0.2, 0) is 11.0 Å². The lowest BCUT2D eigenvalue weighted by molar-refractivity contribution is -0.140. The van der Waals surface area contributed by atoms with Crippen molar-refractivity contribution in [1.29, 1.82) is 0 Å². The lowest BCUT2D eigenvalue weighted by atomic mass is 9.96. The molecule has 0 spiro atoms. The van der Waals surface area contributed by atoms with Crippen molar-refractivity contribution in [1.82, 2.24) is 4.90 Å². The van der Waals surface area contributed by atoms with E-state index in [0.717, 1.165) is 24.3 Å². The molecule has 1 fully saturated rings. The van der Waals surface area contributed by atoms with Crippen LogP contribution in [-0.4, -0.2) is 29.9 Å². The van der Waals surface area contributed by atoms with E-state index in [4.69, 9.17) is 4.74 Å². The zero-order valence-electron chi connectivity index (χ0n) is 14.7. The number of likely N-dealkylation sites (tertiary alicyclic amines) is 1. The van der Waals surface area contributed by atoms with Crippen molar-refractivity contribution >= 4 is 11.9 Å². The first-order chi connectivity index (χ1) is 13.3. The van der Waals surface area contributed by atoms with Crippen molar-refractivity contribution in [3.63, 3.8) is 0 Å². The molecule has 1 amide bonds. The summed E-state index contributed by atoms with van der Waals surface area (Å²) in [5.41, 5.74) is -0.668. The quantitative estimate of drug-likeness (QED) is 0.442. The first-order valence-electron chi connectivity index (χ1n) is 8.68. The summed E-state index contributed by atoms with van der Waals surface area (Å²) in [6.07, 6.45) is -3.79. The Hall–Kier alpha value is -2.90. The van der Waals surface area contributed by atoms with Gasteiger partial charge in [0.25, 0.3) is 5.91 Å². The molecule has 3 rings (SSSR count). The zero-order valence-corrected chi connectivity index (χ0v) is 14.7.